The Hall–Kier alpha value is -4.58. The van der Waals surface area contributed by atoms with Gasteiger partial charge < -0.3 is 9.88 Å². The molecular formula is C32H24F3N3. The Bertz CT molecular complexity index is 1770. The predicted molar refractivity (Wildman–Crippen MR) is 148 cm³/mol. The van der Waals surface area contributed by atoms with Crippen LogP contribution in [0.1, 0.15) is 11.3 Å². The molecule has 0 spiro atoms. The van der Waals surface area contributed by atoms with Gasteiger partial charge in [-0.25, -0.2) is 0 Å². The van der Waals surface area contributed by atoms with Crippen LogP contribution in [0.3, 0.4) is 0 Å². The minimum Gasteiger partial charge on any atom is -0.379 e. The number of para-hydroxylation sites is 2. The third-order valence-corrected chi connectivity index (χ3v) is 6.96. The van der Waals surface area contributed by atoms with E-state index in [0.717, 1.165) is 45.2 Å². The topological polar surface area (TPSA) is 29.9 Å². The van der Waals surface area contributed by atoms with Crippen molar-refractivity contribution < 1.29 is 13.2 Å². The molecule has 6 heteroatoms. The molecule has 0 bridgehead atoms. The van der Waals surface area contributed by atoms with Gasteiger partial charge in [0.2, 0.25) is 0 Å². The van der Waals surface area contributed by atoms with Crippen molar-refractivity contribution in [3.63, 3.8) is 0 Å². The van der Waals surface area contributed by atoms with Crippen molar-refractivity contribution >= 4 is 27.5 Å². The monoisotopic (exact) mass is 507 g/mol. The van der Waals surface area contributed by atoms with E-state index in [1.54, 1.807) is 12.3 Å². The largest absolute Gasteiger partial charge is 0.418 e. The lowest BCUT2D eigenvalue weighted by Crippen LogP contribution is -2.07. The fourth-order valence-electron chi connectivity index (χ4n) is 5.09. The Morgan fingerprint density at radius 3 is 2.32 bits per heavy atom. The zero-order valence-electron chi connectivity index (χ0n) is 20.6. The third-order valence-electron chi connectivity index (χ3n) is 6.96. The number of nitrogens with zero attached hydrogens (tertiary/aromatic N) is 2. The summed E-state index contributed by atoms with van der Waals surface area (Å²) in [6.07, 6.45) is -2.95. The molecule has 2 aromatic heterocycles. The molecule has 0 unspecified atom stereocenters. The molecule has 0 aliphatic heterocycles. The summed E-state index contributed by atoms with van der Waals surface area (Å²) in [7, 11) is 2.04. The number of benzene rings is 4. The molecule has 0 saturated carbocycles. The predicted octanol–water partition coefficient (Wildman–Crippen LogP) is 8.69. The average Bonchev–Trinajstić information content (AvgIpc) is 3.26. The lowest BCUT2D eigenvalue weighted by Gasteiger charge is -2.17. The zero-order valence-corrected chi connectivity index (χ0v) is 20.6. The molecule has 0 aliphatic carbocycles. The first kappa shape index (κ1) is 23.8. The van der Waals surface area contributed by atoms with E-state index in [0.29, 0.717) is 11.9 Å². The van der Waals surface area contributed by atoms with Gasteiger partial charge in [-0.15, -0.1) is 0 Å². The van der Waals surface area contributed by atoms with Crippen molar-refractivity contribution in [2.45, 2.75) is 12.7 Å². The van der Waals surface area contributed by atoms with Crippen LogP contribution in [0, 0.1) is 0 Å². The number of hydrogen-bond acceptors (Lipinski definition) is 2. The molecule has 0 radical (unpaired) electrons. The summed E-state index contributed by atoms with van der Waals surface area (Å²) in [6, 6.07) is 32.1. The number of aryl methyl sites for hydroxylation is 1. The smallest absolute Gasteiger partial charge is 0.379 e. The van der Waals surface area contributed by atoms with Crippen LogP contribution in [-0.4, -0.2) is 9.55 Å². The SMILES string of the molecule is Cn1c(CNc2cccc(-c3c(-c4ccccc4)cnc4c(C(F)(F)F)cccc34)c2)cc2ccccc21. The molecule has 1 N–H and O–H groups in total. The summed E-state index contributed by atoms with van der Waals surface area (Å²) in [5, 5.41) is 5.14. The van der Waals surface area contributed by atoms with E-state index >= 15 is 0 Å². The molecule has 0 atom stereocenters. The number of rotatable bonds is 5. The highest BCUT2D eigenvalue weighted by molar-refractivity contribution is 6.03. The van der Waals surface area contributed by atoms with Gasteiger partial charge in [0.05, 0.1) is 17.6 Å². The maximum atomic E-state index is 13.9. The van der Waals surface area contributed by atoms with Gasteiger partial charge >= 0.3 is 6.18 Å². The van der Waals surface area contributed by atoms with E-state index in [1.807, 2.05) is 73.8 Å². The van der Waals surface area contributed by atoms with Gasteiger partial charge in [0.15, 0.2) is 0 Å². The van der Waals surface area contributed by atoms with E-state index in [9.17, 15) is 13.2 Å². The minimum absolute atomic E-state index is 0.0523. The zero-order chi connectivity index (χ0) is 26.3. The van der Waals surface area contributed by atoms with Crippen molar-refractivity contribution in [1.29, 1.82) is 0 Å². The van der Waals surface area contributed by atoms with Crippen LogP contribution in [0.5, 0.6) is 0 Å². The highest BCUT2D eigenvalue weighted by atomic mass is 19.4. The molecule has 6 rings (SSSR count). The number of pyridine rings is 1. The lowest BCUT2D eigenvalue weighted by atomic mass is 9.91. The number of nitrogens with one attached hydrogen (secondary N) is 1. The summed E-state index contributed by atoms with van der Waals surface area (Å²) in [6.45, 7) is 0.607. The van der Waals surface area contributed by atoms with E-state index in [-0.39, 0.29) is 5.52 Å². The molecule has 0 aliphatic rings. The highest BCUT2D eigenvalue weighted by Gasteiger charge is 2.33. The first-order valence-electron chi connectivity index (χ1n) is 12.3. The van der Waals surface area contributed by atoms with E-state index < -0.39 is 11.7 Å². The van der Waals surface area contributed by atoms with Crippen LogP contribution in [-0.2, 0) is 19.8 Å². The molecule has 4 aromatic carbocycles. The van der Waals surface area contributed by atoms with Crippen molar-refractivity contribution in [3.8, 4) is 22.3 Å². The van der Waals surface area contributed by atoms with Gasteiger partial charge in [0.1, 0.15) is 0 Å². The highest BCUT2D eigenvalue weighted by Crippen LogP contribution is 2.41. The van der Waals surface area contributed by atoms with Crippen LogP contribution >= 0.6 is 0 Å². The second-order valence-electron chi connectivity index (χ2n) is 9.30. The minimum atomic E-state index is -4.50. The molecule has 6 aromatic rings. The van der Waals surface area contributed by atoms with Crippen molar-refractivity contribution in [3.05, 3.63) is 121 Å². The second kappa shape index (κ2) is 9.38. The molecule has 0 fully saturated rings. The van der Waals surface area contributed by atoms with Crippen molar-refractivity contribution in [2.75, 3.05) is 5.32 Å². The Balaban J connectivity index is 1.45. The molecule has 2 heterocycles. The quantitative estimate of drug-likeness (QED) is 0.253. The van der Waals surface area contributed by atoms with Gasteiger partial charge in [0, 0.05) is 46.7 Å². The Morgan fingerprint density at radius 1 is 0.789 bits per heavy atom. The molecule has 38 heavy (non-hydrogen) atoms. The number of alkyl halides is 3. The summed E-state index contributed by atoms with van der Waals surface area (Å²) in [5.41, 5.74) is 5.60. The number of hydrogen-bond donors (Lipinski definition) is 1. The molecule has 0 saturated heterocycles. The van der Waals surface area contributed by atoms with Crippen LogP contribution in [0.2, 0.25) is 0 Å². The van der Waals surface area contributed by atoms with Crippen LogP contribution in [0.4, 0.5) is 18.9 Å². The fraction of sp³-hybridized carbons (Fsp3) is 0.0938. The summed E-state index contributed by atoms with van der Waals surface area (Å²) >= 11 is 0. The summed E-state index contributed by atoms with van der Waals surface area (Å²) in [5.74, 6) is 0. The molecule has 188 valence electrons. The maximum Gasteiger partial charge on any atom is 0.418 e. The average molecular weight is 508 g/mol. The maximum absolute atomic E-state index is 13.9. The van der Waals surface area contributed by atoms with Crippen molar-refractivity contribution in [1.82, 2.24) is 9.55 Å². The third kappa shape index (κ3) is 4.28. The Kier molecular flexibility index (Phi) is 5.87. The molecular weight excluding hydrogens is 483 g/mol. The number of anilines is 1. The van der Waals surface area contributed by atoms with Crippen molar-refractivity contribution in [2.24, 2.45) is 7.05 Å². The summed E-state index contributed by atoms with van der Waals surface area (Å²) < 4.78 is 43.7. The van der Waals surface area contributed by atoms with Crippen LogP contribution in [0.15, 0.2) is 109 Å². The standard InChI is InChI=1S/C32H24F3N3/c1-38-25(18-22-11-5-6-16-29(22)38)19-36-24-13-7-12-23(17-24)30-26-14-8-15-28(32(33,34)35)31(26)37-20-27(30)21-9-3-2-4-10-21/h2-18,20,36H,19H2,1H3. The Labute approximate surface area is 218 Å². The van der Waals surface area contributed by atoms with E-state index in [2.05, 4.69) is 33.1 Å². The fourth-order valence-corrected chi connectivity index (χ4v) is 5.09. The Morgan fingerprint density at radius 2 is 1.53 bits per heavy atom. The van der Waals surface area contributed by atoms with Gasteiger partial charge in [0.25, 0.3) is 0 Å². The first-order chi connectivity index (χ1) is 18.4. The normalized spacial score (nSPS) is 11.8. The molecule has 0 amide bonds. The van der Waals surface area contributed by atoms with Crippen LogP contribution in [0.25, 0.3) is 44.1 Å². The number of aromatic nitrogens is 2. The van der Waals surface area contributed by atoms with E-state index in [4.69, 9.17) is 0 Å². The lowest BCUT2D eigenvalue weighted by molar-refractivity contribution is -0.136. The number of fused-ring (bicyclic) bond motifs is 2. The van der Waals surface area contributed by atoms with Gasteiger partial charge in [-0.1, -0.05) is 72.8 Å². The summed E-state index contributed by atoms with van der Waals surface area (Å²) in [4.78, 5) is 4.30. The number of halogens is 3. The van der Waals surface area contributed by atoms with Gasteiger partial charge in [-0.05, 0) is 46.8 Å². The van der Waals surface area contributed by atoms with Crippen LogP contribution < -0.4 is 5.32 Å². The molecule has 3 nitrogen and oxygen atoms in total. The van der Waals surface area contributed by atoms with Gasteiger partial charge in [-0.3, -0.25) is 4.98 Å². The van der Waals surface area contributed by atoms with Gasteiger partial charge in [-0.2, -0.15) is 13.2 Å². The van der Waals surface area contributed by atoms with E-state index in [1.165, 1.54) is 11.5 Å². The second-order valence-corrected chi connectivity index (χ2v) is 9.30. The first-order valence-corrected chi connectivity index (χ1v) is 12.3.